The Labute approximate surface area is 132 Å². The van der Waals surface area contributed by atoms with E-state index < -0.39 is 0 Å². The van der Waals surface area contributed by atoms with Crippen molar-refractivity contribution in [2.45, 2.75) is 71.1 Å². The first-order chi connectivity index (χ1) is 10.2. The van der Waals surface area contributed by atoms with Gasteiger partial charge in [-0.05, 0) is 75.4 Å². The lowest BCUT2D eigenvalue weighted by Gasteiger charge is -2.47. The smallest absolute Gasteiger partial charge is 0.00502 e. The molecule has 0 amide bonds. The van der Waals surface area contributed by atoms with Crippen molar-refractivity contribution in [1.29, 1.82) is 0 Å². The van der Waals surface area contributed by atoms with Crippen molar-refractivity contribution in [3.05, 3.63) is 0 Å². The summed E-state index contributed by atoms with van der Waals surface area (Å²) in [5, 5.41) is 3.51. The van der Waals surface area contributed by atoms with Crippen LogP contribution in [-0.2, 0) is 0 Å². The van der Waals surface area contributed by atoms with E-state index in [0.717, 1.165) is 11.3 Å². The number of piperidine rings is 1. The van der Waals surface area contributed by atoms with Crippen LogP contribution in [0.4, 0.5) is 0 Å². The quantitative estimate of drug-likeness (QED) is 0.840. The van der Waals surface area contributed by atoms with E-state index in [1.165, 1.54) is 90.4 Å². The highest BCUT2D eigenvalue weighted by atomic mass is 15.1. The zero-order valence-corrected chi connectivity index (χ0v) is 14.4. The molecule has 21 heavy (non-hydrogen) atoms. The van der Waals surface area contributed by atoms with Gasteiger partial charge < -0.3 is 10.2 Å². The topological polar surface area (TPSA) is 15.3 Å². The fourth-order valence-corrected chi connectivity index (χ4v) is 5.79. The molecule has 122 valence electrons. The first kappa shape index (κ1) is 15.8. The van der Waals surface area contributed by atoms with Gasteiger partial charge in [-0.15, -0.1) is 0 Å². The average Bonchev–Trinajstić information content (AvgIpc) is 2.90. The van der Waals surface area contributed by atoms with Crippen LogP contribution in [0.5, 0.6) is 0 Å². The van der Waals surface area contributed by atoms with E-state index >= 15 is 0 Å². The zero-order valence-electron chi connectivity index (χ0n) is 14.4. The maximum Gasteiger partial charge on any atom is 0.00502 e. The maximum atomic E-state index is 3.51. The molecule has 0 aromatic carbocycles. The molecule has 1 saturated heterocycles. The molecule has 3 aliphatic rings. The van der Waals surface area contributed by atoms with Gasteiger partial charge in [-0.2, -0.15) is 0 Å². The van der Waals surface area contributed by atoms with E-state index in [4.69, 9.17) is 0 Å². The molecule has 1 aliphatic heterocycles. The zero-order chi connectivity index (χ0) is 14.8. The van der Waals surface area contributed by atoms with Gasteiger partial charge in [-0.3, -0.25) is 0 Å². The van der Waals surface area contributed by atoms with Crippen molar-refractivity contribution >= 4 is 0 Å². The molecule has 0 aromatic heterocycles. The molecule has 0 bridgehead atoms. The summed E-state index contributed by atoms with van der Waals surface area (Å²) in [6.07, 6.45) is 14.8. The molecule has 2 nitrogen and oxygen atoms in total. The largest absolute Gasteiger partial charge is 0.319 e. The average molecular weight is 293 g/mol. The van der Waals surface area contributed by atoms with Gasteiger partial charge >= 0.3 is 0 Å². The van der Waals surface area contributed by atoms with Crippen molar-refractivity contribution in [2.24, 2.45) is 16.7 Å². The summed E-state index contributed by atoms with van der Waals surface area (Å²) < 4.78 is 0. The molecule has 1 heterocycles. The number of nitrogens with one attached hydrogen (secondary N) is 1. The minimum atomic E-state index is 0.562. The predicted molar refractivity (Wildman–Crippen MR) is 90.6 cm³/mol. The molecule has 0 aromatic rings. The molecule has 0 radical (unpaired) electrons. The second kappa shape index (κ2) is 6.58. The minimum Gasteiger partial charge on any atom is -0.319 e. The number of hydrogen-bond acceptors (Lipinski definition) is 2. The van der Waals surface area contributed by atoms with E-state index in [9.17, 15) is 0 Å². The SMILES string of the molecule is CNCC1(CN2CCC3(CCCC3)CC2)CCCC(C)C1. The predicted octanol–water partition coefficient (Wildman–Crippen LogP) is 4.06. The third kappa shape index (κ3) is 3.64. The van der Waals surface area contributed by atoms with Gasteiger partial charge in [0, 0.05) is 13.1 Å². The third-order valence-electron chi connectivity index (χ3n) is 6.88. The van der Waals surface area contributed by atoms with Crippen molar-refractivity contribution in [3.63, 3.8) is 0 Å². The Kier molecular flexibility index (Phi) is 4.95. The van der Waals surface area contributed by atoms with Crippen LogP contribution >= 0.6 is 0 Å². The van der Waals surface area contributed by atoms with Crippen LogP contribution in [0, 0.1) is 16.7 Å². The number of likely N-dealkylation sites (tertiary alicyclic amines) is 1. The monoisotopic (exact) mass is 292 g/mol. The Bertz CT molecular complexity index is 320. The molecule has 2 heteroatoms. The second-order valence-corrected chi connectivity index (χ2v) is 8.72. The van der Waals surface area contributed by atoms with Gasteiger partial charge in [0.25, 0.3) is 0 Å². The fourth-order valence-electron chi connectivity index (χ4n) is 5.79. The summed E-state index contributed by atoms with van der Waals surface area (Å²) in [5.41, 5.74) is 1.33. The Morgan fingerprint density at radius 1 is 1.00 bits per heavy atom. The van der Waals surface area contributed by atoms with Crippen LogP contribution in [0.3, 0.4) is 0 Å². The highest BCUT2D eigenvalue weighted by Crippen LogP contribution is 2.47. The van der Waals surface area contributed by atoms with Gasteiger partial charge in [0.2, 0.25) is 0 Å². The maximum absolute atomic E-state index is 3.51. The van der Waals surface area contributed by atoms with Crippen LogP contribution in [0.25, 0.3) is 0 Å². The fraction of sp³-hybridized carbons (Fsp3) is 1.00. The van der Waals surface area contributed by atoms with E-state index in [2.05, 4.69) is 24.2 Å². The second-order valence-electron chi connectivity index (χ2n) is 8.72. The Hall–Kier alpha value is -0.0800. The van der Waals surface area contributed by atoms with Crippen molar-refractivity contribution in [3.8, 4) is 0 Å². The van der Waals surface area contributed by atoms with E-state index in [0.29, 0.717) is 5.41 Å². The van der Waals surface area contributed by atoms with Crippen LogP contribution in [-0.4, -0.2) is 38.1 Å². The highest BCUT2D eigenvalue weighted by Gasteiger charge is 2.40. The summed E-state index contributed by atoms with van der Waals surface area (Å²) >= 11 is 0. The summed E-state index contributed by atoms with van der Waals surface area (Å²) in [6.45, 7) is 7.79. The van der Waals surface area contributed by atoms with Crippen molar-refractivity contribution in [2.75, 3.05) is 33.2 Å². The van der Waals surface area contributed by atoms with Crippen LogP contribution in [0.1, 0.15) is 71.1 Å². The summed E-state index contributed by atoms with van der Waals surface area (Å²) in [5.74, 6) is 0.929. The molecule has 1 N–H and O–H groups in total. The molecule has 2 unspecified atom stereocenters. The Morgan fingerprint density at radius 2 is 1.71 bits per heavy atom. The first-order valence-electron chi connectivity index (χ1n) is 9.52. The Morgan fingerprint density at radius 3 is 2.33 bits per heavy atom. The molecule has 3 fully saturated rings. The molecule has 1 spiro atoms. The summed E-state index contributed by atoms with van der Waals surface area (Å²) in [4.78, 5) is 2.82. The van der Waals surface area contributed by atoms with Crippen LogP contribution < -0.4 is 5.32 Å². The molecule has 2 aliphatic carbocycles. The van der Waals surface area contributed by atoms with Gasteiger partial charge in [-0.1, -0.05) is 32.6 Å². The lowest BCUT2D eigenvalue weighted by atomic mass is 9.69. The van der Waals surface area contributed by atoms with E-state index in [1.54, 1.807) is 0 Å². The number of rotatable bonds is 4. The van der Waals surface area contributed by atoms with E-state index in [1.807, 2.05) is 0 Å². The Balaban J connectivity index is 1.56. The van der Waals surface area contributed by atoms with Gasteiger partial charge in [0.1, 0.15) is 0 Å². The summed E-state index contributed by atoms with van der Waals surface area (Å²) in [7, 11) is 2.14. The van der Waals surface area contributed by atoms with E-state index in [-0.39, 0.29) is 0 Å². The third-order valence-corrected chi connectivity index (χ3v) is 6.88. The normalized spacial score (nSPS) is 37.1. The number of nitrogens with zero attached hydrogens (tertiary/aromatic N) is 1. The van der Waals surface area contributed by atoms with Gasteiger partial charge in [0.15, 0.2) is 0 Å². The van der Waals surface area contributed by atoms with Crippen LogP contribution in [0.15, 0.2) is 0 Å². The van der Waals surface area contributed by atoms with Crippen molar-refractivity contribution in [1.82, 2.24) is 10.2 Å². The molecular formula is C19H36N2. The molecule has 2 atom stereocenters. The standard InChI is InChI=1S/C19H36N2/c1-17-6-5-9-19(14-17,15-20-2)16-21-12-10-18(11-13-21)7-3-4-8-18/h17,20H,3-16H2,1-2H3. The van der Waals surface area contributed by atoms with Gasteiger partial charge in [0.05, 0.1) is 0 Å². The lowest BCUT2D eigenvalue weighted by molar-refractivity contribution is 0.0398. The highest BCUT2D eigenvalue weighted by molar-refractivity contribution is 4.94. The van der Waals surface area contributed by atoms with Gasteiger partial charge in [-0.25, -0.2) is 0 Å². The van der Waals surface area contributed by atoms with Crippen LogP contribution in [0.2, 0.25) is 0 Å². The summed E-state index contributed by atoms with van der Waals surface area (Å²) in [6, 6.07) is 0. The van der Waals surface area contributed by atoms with Crippen molar-refractivity contribution < 1.29 is 0 Å². The molecule has 3 rings (SSSR count). The lowest BCUT2D eigenvalue weighted by Crippen LogP contribution is -2.49. The number of hydrogen-bond donors (Lipinski definition) is 1. The molecule has 2 saturated carbocycles. The first-order valence-corrected chi connectivity index (χ1v) is 9.52. The molecular weight excluding hydrogens is 256 g/mol. The minimum absolute atomic E-state index is 0.562.